The molecule has 0 heterocycles. The summed E-state index contributed by atoms with van der Waals surface area (Å²) in [6, 6.07) is 11.0. The predicted octanol–water partition coefficient (Wildman–Crippen LogP) is 3.84. The van der Waals surface area contributed by atoms with Crippen molar-refractivity contribution in [3.63, 3.8) is 0 Å². The van der Waals surface area contributed by atoms with Crippen LogP contribution in [0, 0.1) is 0 Å². The minimum Gasteiger partial charge on any atom is -0.493 e. The van der Waals surface area contributed by atoms with Crippen LogP contribution in [0.15, 0.2) is 40.9 Å². The summed E-state index contributed by atoms with van der Waals surface area (Å²) in [6.45, 7) is 0.526. The van der Waals surface area contributed by atoms with Crippen molar-refractivity contribution in [1.29, 1.82) is 0 Å². The zero-order chi connectivity index (χ0) is 18.2. The second kappa shape index (κ2) is 9.17. The van der Waals surface area contributed by atoms with E-state index in [-0.39, 0.29) is 6.03 Å². The summed E-state index contributed by atoms with van der Waals surface area (Å²) in [5.41, 5.74) is 1.70. The van der Waals surface area contributed by atoms with Crippen LogP contribution in [0.4, 0.5) is 10.5 Å². The zero-order valence-corrected chi connectivity index (χ0v) is 16.0. The minimum absolute atomic E-state index is 0.300. The fourth-order valence-electron chi connectivity index (χ4n) is 2.30. The minimum atomic E-state index is -0.300. The van der Waals surface area contributed by atoms with Gasteiger partial charge in [0, 0.05) is 23.2 Å². The number of hydrogen-bond donors (Lipinski definition) is 2. The molecule has 0 bridgehead atoms. The average Bonchev–Trinajstić information content (AvgIpc) is 2.62. The number of urea groups is 1. The summed E-state index contributed by atoms with van der Waals surface area (Å²) in [4.78, 5) is 12.1. The van der Waals surface area contributed by atoms with Gasteiger partial charge in [-0.2, -0.15) is 0 Å². The molecule has 0 radical (unpaired) electrons. The smallest absolute Gasteiger partial charge is 0.319 e. The van der Waals surface area contributed by atoms with Crippen LogP contribution in [0.3, 0.4) is 0 Å². The molecule has 0 aromatic heterocycles. The lowest BCUT2D eigenvalue weighted by atomic mass is 10.1. The lowest BCUT2D eigenvalue weighted by Gasteiger charge is -2.15. The first-order valence-corrected chi connectivity index (χ1v) is 8.46. The second-order valence-electron chi connectivity index (χ2n) is 5.17. The van der Waals surface area contributed by atoms with Gasteiger partial charge in [0.15, 0.2) is 11.5 Å². The van der Waals surface area contributed by atoms with Crippen molar-refractivity contribution in [3.05, 3.63) is 46.4 Å². The first-order chi connectivity index (χ1) is 12.1. The number of hydrogen-bond acceptors (Lipinski definition) is 4. The Morgan fingerprint density at radius 3 is 2.12 bits per heavy atom. The molecule has 2 amide bonds. The van der Waals surface area contributed by atoms with E-state index in [9.17, 15) is 4.79 Å². The number of nitrogens with one attached hydrogen (secondary N) is 2. The molecule has 0 aliphatic carbocycles. The maximum Gasteiger partial charge on any atom is 0.319 e. The van der Waals surface area contributed by atoms with Gasteiger partial charge >= 0.3 is 6.03 Å². The Hall–Kier alpha value is -2.41. The highest BCUT2D eigenvalue weighted by Gasteiger charge is 2.14. The van der Waals surface area contributed by atoms with Gasteiger partial charge in [-0.05, 0) is 24.1 Å². The first kappa shape index (κ1) is 18.9. The first-order valence-electron chi connectivity index (χ1n) is 7.66. The zero-order valence-electron chi connectivity index (χ0n) is 14.4. The van der Waals surface area contributed by atoms with E-state index in [1.54, 1.807) is 12.1 Å². The van der Waals surface area contributed by atoms with Gasteiger partial charge in [0.2, 0.25) is 5.75 Å². The normalized spacial score (nSPS) is 10.1. The molecule has 0 aliphatic rings. The van der Waals surface area contributed by atoms with E-state index in [0.717, 1.165) is 16.5 Å². The van der Waals surface area contributed by atoms with Crippen molar-refractivity contribution in [2.45, 2.75) is 6.42 Å². The third-order valence-corrected chi connectivity index (χ3v) is 4.06. The van der Waals surface area contributed by atoms with E-state index >= 15 is 0 Å². The molecule has 0 fully saturated rings. The lowest BCUT2D eigenvalue weighted by molar-refractivity contribution is 0.252. The Morgan fingerprint density at radius 1 is 1.00 bits per heavy atom. The predicted molar refractivity (Wildman–Crippen MR) is 101 cm³/mol. The number of benzene rings is 2. The van der Waals surface area contributed by atoms with Crippen molar-refractivity contribution >= 4 is 27.6 Å². The topological polar surface area (TPSA) is 68.8 Å². The van der Waals surface area contributed by atoms with Gasteiger partial charge in [-0.1, -0.05) is 28.1 Å². The quantitative estimate of drug-likeness (QED) is 0.729. The number of carbonyl (C=O) groups excluding carboxylic acids is 1. The number of carbonyl (C=O) groups is 1. The molecular weight excluding hydrogens is 388 g/mol. The number of rotatable bonds is 7. The molecule has 134 valence electrons. The fourth-order valence-corrected chi connectivity index (χ4v) is 2.56. The number of amides is 2. The lowest BCUT2D eigenvalue weighted by Crippen LogP contribution is -2.30. The highest BCUT2D eigenvalue weighted by Crippen LogP contribution is 2.39. The van der Waals surface area contributed by atoms with Crippen LogP contribution in [0.1, 0.15) is 5.56 Å². The van der Waals surface area contributed by atoms with Crippen LogP contribution in [0.25, 0.3) is 0 Å². The van der Waals surface area contributed by atoms with Crippen LogP contribution < -0.4 is 24.8 Å². The van der Waals surface area contributed by atoms with E-state index in [0.29, 0.717) is 29.5 Å². The van der Waals surface area contributed by atoms with E-state index in [1.807, 2.05) is 24.3 Å². The van der Waals surface area contributed by atoms with Crippen molar-refractivity contribution in [2.75, 3.05) is 33.2 Å². The Bertz CT molecular complexity index is 695. The molecular formula is C18H21BrN2O4. The van der Waals surface area contributed by atoms with Gasteiger partial charge in [0.05, 0.1) is 27.0 Å². The number of anilines is 1. The van der Waals surface area contributed by atoms with Crippen LogP contribution in [-0.4, -0.2) is 33.9 Å². The van der Waals surface area contributed by atoms with Crippen LogP contribution in [0.2, 0.25) is 0 Å². The summed E-state index contributed by atoms with van der Waals surface area (Å²) < 4.78 is 16.8. The molecule has 0 unspecified atom stereocenters. The summed E-state index contributed by atoms with van der Waals surface area (Å²) in [5, 5.41) is 5.59. The maximum atomic E-state index is 12.1. The molecule has 25 heavy (non-hydrogen) atoms. The van der Waals surface area contributed by atoms with Crippen molar-refractivity contribution < 1.29 is 19.0 Å². The molecule has 0 spiro atoms. The monoisotopic (exact) mass is 408 g/mol. The Morgan fingerprint density at radius 2 is 1.60 bits per heavy atom. The Balaban J connectivity index is 1.94. The van der Waals surface area contributed by atoms with Crippen LogP contribution in [-0.2, 0) is 6.42 Å². The number of halogens is 1. The van der Waals surface area contributed by atoms with Crippen molar-refractivity contribution in [1.82, 2.24) is 5.32 Å². The maximum absolute atomic E-state index is 12.1. The third-order valence-electron chi connectivity index (χ3n) is 3.54. The average molecular weight is 409 g/mol. The van der Waals surface area contributed by atoms with Gasteiger partial charge in [-0.3, -0.25) is 0 Å². The second-order valence-corrected chi connectivity index (χ2v) is 6.09. The SMILES string of the molecule is COc1cc(NC(=O)NCCc2ccc(Br)cc2)cc(OC)c1OC. The standard InChI is InChI=1S/C18H21BrN2O4/c1-23-15-10-14(11-16(24-2)17(15)25-3)21-18(22)20-9-8-12-4-6-13(19)7-5-12/h4-7,10-11H,8-9H2,1-3H3,(H2,20,21,22). The van der Waals surface area contributed by atoms with Crippen molar-refractivity contribution in [3.8, 4) is 17.2 Å². The molecule has 7 heteroatoms. The summed E-state index contributed by atoms with van der Waals surface area (Å²) in [7, 11) is 4.58. The summed E-state index contributed by atoms with van der Waals surface area (Å²) >= 11 is 3.40. The van der Waals surface area contributed by atoms with E-state index < -0.39 is 0 Å². The molecule has 0 saturated carbocycles. The van der Waals surface area contributed by atoms with E-state index in [2.05, 4.69) is 26.6 Å². The molecule has 0 atom stereocenters. The highest BCUT2D eigenvalue weighted by molar-refractivity contribution is 9.10. The van der Waals surface area contributed by atoms with Gasteiger partial charge in [0.1, 0.15) is 0 Å². The largest absolute Gasteiger partial charge is 0.493 e. The van der Waals surface area contributed by atoms with Gasteiger partial charge < -0.3 is 24.8 Å². The van der Waals surface area contributed by atoms with Crippen LogP contribution in [0.5, 0.6) is 17.2 Å². The molecule has 2 aromatic rings. The van der Waals surface area contributed by atoms with Gasteiger partial charge in [-0.15, -0.1) is 0 Å². The number of methoxy groups -OCH3 is 3. The Kier molecular flexibility index (Phi) is 6.94. The van der Waals surface area contributed by atoms with Crippen LogP contribution >= 0.6 is 15.9 Å². The van der Waals surface area contributed by atoms with Crippen molar-refractivity contribution in [2.24, 2.45) is 0 Å². The summed E-state index contributed by atoms with van der Waals surface area (Å²) in [5.74, 6) is 1.44. The fraction of sp³-hybridized carbons (Fsp3) is 0.278. The molecule has 2 N–H and O–H groups in total. The Labute approximate surface area is 155 Å². The van der Waals surface area contributed by atoms with Gasteiger partial charge in [-0.25, -0.2) is 4.79 Å². The molecule has 0 aliphatic heterocycles. The van der Waals surface area contributed by atoms with E-state index in [1.165, 1.54) is 21.3 Å². The molecule has 6 nitrogen and oxygen atoms in total. The molecule has 2 aromatic carbocycles. The summed E-state index contributed by atoms with van der Waals surface area (Å²) in [6.07, 6.45) is 0.746. The van der Waals surface area contributed by atoms with Gasteiger partial charge in [0.25, 0.3) is 0 Å². The molecule has 2 rings (SSSR count). The third kappa shape index (κ3) is 5.29. The highest BCUT2D eigenvalue weighted by atomic mass is 79.9. The molecule has 0 saturated heterocycles. The number of ether oxygens (including phenoxy) is 3. The van der Waals surface area contributed by atoms with E-state index in [4.69, 9.17) is 14.2 Å².